The van der Waals surface area contributed by atoms with E-state index in [1.807, 2.05) is 26.8 Å². The third-order valence-electron chi connectivity index (χ3n) is 2.35. The summed E-state index contributed by atoms with van der Waals surface area (Å²) in [6, 6.07) is 0. The maximum absolute atomic E-state index is 12.1. The van der Waals surface area contributed by atoms with Crippen LogP contribution in [0.25, 0.3) is 0 Å². The van der Waals surface area contributed by atoms with Gasteiger partial charge >= 0.3 is 0 Å². The van der Waals surface area contributed by atoms with Crippen molar-refractivity contribution < 1.29 is 4.21 Å². The summed E-state index contributed by atoms with van der Waals surface area (Å²) in [5.41, 5.74) is -0.117. The van der Waals surface area contributed by atoms with Crippen LogP contribution >= 0.6 is 0 Å². The Kier molecular flexibility index (Phi) is 5.91. The minimum Gasteiger partial charge on any atom is -0.242 e. The topological polar surface area (TPSA) is 29.1 Å². The van der Waals surface area contributed by atoms with Gasteiger partial charge in [0.15, 0.2) is 0 Å². The monoisotopic (exact) mass is 245 g/mol. The first-order chi connectivity index (χ1) is 7.10. The highest BCUT2D eigenvalue weighted by atomic mass is 32.2. The molecule has 0 spiro atoms. The van der Waals surface area contributed by atoms with Gasteiger partial charge in [0, 0.05) is 5.54 Å². The molecule has 3 heteroatoms. The van der Waals surface area contributed by atoms with E-state index >= 15 is 0 Å². The lowest BCUT2D eigenvalue weighted by Gasteiger charge is -2.34. The molecule has 0 aromatic rings. The molecule has 0 aliphatic rings. The molecule has 0 aromatic carbocycles. The highest BCUT2D eigenvalue weighted by molar-refractivity contribution is 7.84. The molecule has 0 fully saturated rings. The number of rotatable bonds is 6. The van der Waals surface area contributed by atoms with Crippen LogP contribution in [0.3, 0.4) is 0 Å². The third-order valence-corrected chi connectivity index (χ3v) is 4.14. The lowest BCUT2D eigenvalue weighted by atomic mass is 9.89. The van der Waals surface area contributed by atoms with Crippen molar-refractivity contribution in [2.24, 2.45) is 5.92 Å². The van der Waals surface area contributed by atoms with Gasteiger partial charge in [-0.1, -0.05) is 19.9 Å². The molecule has 0 saturated heterocycles. The Bertz CT molecular complexity index is 255. The second kappa shape index (κ2) is 5.97. The molecule has 0 radical (unpaired) electrons. The van der Waals surface area contributed by atoms with E-state index in [1.54, 1.807) is 0 Å². The van der Waals surface area contributed by atoms with Crippen LogP contribution in [-0.4, -0.2) is 14.5 Å². The Morgan fingerprint density at radius 3 is 2.12 bits per heavy atom. The Labute approximate surface area is 103 Å². The smallest absolute Gasteiger partial charge is 0.0975 e. The first-order valence-electron chi connectivity index (χ1n) is 5.91. The van der Waals surface area contributed by atoms with E-state index in [-0.39, 0.29) is 10.3 Å². The summed E-state index contributed by atoms with van der Waals surface area (Å²) in [7, 11) is -1.02. The summed E-state index contributed by atoms with van der Waals surface area (Å²) < 4.78 is 15.1. The van der Waals surface area contributed by atoms with E-state index in [1.165, 1.54) is 0 Å². The zero-order valence-electron chi connectivity index (χ0n) is 11.6. The molecule has 96 valence electrons. The highest BCUT2D eigenvalue weighted by Crippen LogP contribution is 2.23. The molecule has 0 aliphatic carbocycles. The van der Waals surface area contributed by atoms with Gasteiger partial charge in [0.05, 0.1) is 15.7 Å². The summed E-state index contributed by atoms with van der Waals surface area (Å²) >= 11 is 0. The maximum Gasteiger partial charge on any atom is 0.0975 e. The van der Waals surface area contributed by atoms with Crippen molar-refractivity contribution >= 4 is 11.0 Å². The van der Waals surface area contributed by atoms with Crippen LogP contribution in [0.1, 0.15) is 54.4 Å². The SMILES string of the molecule is C=CCC(C)(CC(C)C)NS(=O)C(C)(C)C. The van der Waals surface area contributed by atoms with Gasteiger partial charge in [0.2, 0.25) is 0 Å². The Hall–Kier alpha value is -0.150. The van der Waals surface area contributed by atoms with Crippen molar-refractivity contribution in [1.29, 1.82) is 0 Å². The highest BCUT2D eigenvalue weighted by Gasteiger charge is 2.30. The van der Waals surface area contributed by atoms with E-state index < -0.39 is 11.0 Å². The van der Waals surface area contributed by atoms with Crippen LogP contribution in [0.4, 0.5) is 0 Å². The van der Waals surface area contributed by atoms with Gasteiger partial charge < -0.3 is 0 Å². The van der Waals surface area contributed by atoms with Gasteiger partial charge in [0.1, 0.15) is 0 Å². The second-order valence-corrected chi connectivity index (χ2v) is 8.10. The molecule has 0 saturated carbocycles. The lowest BCUT2D eigenvalue weighted by molar-refractivity contribution is 0.343. The molecule has 2 nitrogen and oxygen atoms in total. The second-order valence-electron chi connectivity index (χ2n) is 6.13. The standard InChI is InChI=1S/C13H27NOS/c1-8-9-13(7,10-11(2)3)14-16(15)12(4,5)6/h8,11,14H,1,9-10H2,2-7H3. The van der Waals surface area contributed by atoms with Crippen LogP contribution in [0.2, 0.25) is 0 Å². The first kappa shape index (κ1) is 15.9. The molecule has 0 aromatic heterocycles. The molecule has 2 atom stereocenters. The average Bonchev–Trinajstić information content (AvgIpc) is 1.99. The molecule has 0 aliphatic heterocycles. The molecule has 1 N–H and O–H groups in total. The largest absolute Gasteiger partial charge is 0.242 e. The zero-order valence-corrected chi connectivity index (χ0v) is 12.4. The Morgan fingerprint density at radius 2 is 1.81 bits per heavy atom. The van der Waals surface area contributed by atoms with Gasteiger partial charge in [-0.15, -0.1) is 6.58 Å². The zero-order chi connectivity index (χ0) is 13.0. The molecule has 16 heavy (non-hydrogen) atoms. The molecule has 0 amide bonds. The van der Waals surface area contributed by atoms with Crippen LogP contribution < -0.4 is 4.72 Å². The van der Waals surface area contributed by atoms with Gasteiger partial charge in [-0.3, -0.25) is 0 Å². The number of hydrogen-bond acceptors (Lipinski definition) is 1. The van der Waals surface area contributed by atoms with E-state index in [4.69, 9.17) is 0 Å². The summed E-state index contributed by atoms with van der Waals surface area (Å²) in [6.07, 6.45) is 3.74. The van der Waals surface area contributed by atoms with Gasteiger partial charge in [-0.25, -0.2) is 8.93 Å². The normalized spacial score (nSPS) is 18.2. The molecule has 0 bridgehead atoms. The van der Waals surface area contributed by atoms with Crippen molar-refractivity contribution in [2.75, 3.05) is 0 Å². The first-order valence-corrected chi connectivity index (χ1v) is 7.06. The maximum atomic E-state index is 12.1. The van der Waals surface area contributed by atoms with E-state index in [9.17, 15) is 4.21 Å². The van der Waals surface area contributed by atoms with Crippen molar-refractivity contribution in [2.45, 2.75) is 64.7 Å². The van der Waals surface area contributed by atoms with Gasteiger partial charge in [-0.2, -0.15) is 0 Å². The fraction of sp³-hybridized carbons (Fsp3) is 0.846. The van der Waals surface area contributed by atoms with Crippen LogP contribution in [0.5, 0.6) is 0 Å². The van der Waals surface area contributed by atoms with Crippen LogP contribution in [-0.2, 0) is 11.0 Å². The van der Waals surface area contributed by atoms with Crippen molar-refractivity contribution in [3.05, 3.63) is 12.7 Å². The Morgan fingerprint density at radius 1 is 1.31 bits per heavy atom. The average molecular weight is 245 g/mol. The number of hydrogen-bond donors (Lipinski definition) is 1. The molecule has 0 rings (SSSR count). The van der Waals surface area contributed by atoms with Crippen molar-refractivity contribution in [3.63, 3.8) is 0 Å². The van der Waals surface area contributed by atoms with Crippen LogP contribution in [0.15, 0.2) is 12.7 Å². The molecule has 0 heterocycles. The third kappa shape index (κ3) is 5.80. The summed E-state index contributed by atoms with van der Waals surface area (Å²) in [5.74, 6) is 0.578. The van der Waals surface area contributed by atoms with Crippen molar-refractivity contribution in [3.8, 4) is 0 Å². The molecular formula is C13H27NOS. The van der Waals surface area contributed by atoms with E-state index in [0.29, 0.717) is 5.92 Å². The van der Waals surface area contributed by atoms with Gasteiger partial charge in [0.25, 0.3) is 0 Å². The van der Waals surface area contributed by atoms with E-state index in [0.717, 1.165) is 12.8 Å². The summed E-state index contributed by atoms with van der Waals surface area (Å²) in [6.45, 7) is 16.2. The fourth-order valence-electron chi connectivity index (χ4n) is 1.76. The molecular weight excluding hydrogens is 218 g/mol. The number of nitrogens with one attached hydrogen (secondary N) is 1. The minimum atomic E-state index is -1.02. The van der Waals surface area contributed by atoms with E-state index in [2.05, 4.69) is 32.1 Å². The summed E-state index contributed by atoms with van der Waals surface area (Å²) in [5, 5.41) is 0. The van der Waals surface area contributed by atoms with Crippen LogP contribution in [0, 0.1) is 5.92 Å². The molecule has 2 unspecified atom stereocenters. The quantitative estimate of drug-likeness (QED) is 0.714. The minimum absolute atomic E-state index is 0.117. The predicted molar refractivity (Wildman–Crippen MR) is 73.7 cm³/mol. The fourth-order valence-corrected chi connectivity index (χ4v) is 2.68. The predicted octanol–water partition coefficient (Wildman–Crippen LogP) is 3.42. The summed E-state index contributed by atoms with van der Waals surface area (Å²) in [4.78, 5) is 0. The van der Waals surface area contributed by atoms with Crippen molar-refractivity contribution in [1.82, 2.24) is 4.72 Å². The lowest BCUT2D eigenvalue weighted by Crippen LogP contribution is -2.48. The van der Waals surface area contributed by atoms with Gasteiger partial charge in [-0.05, 0) is 46.5 Å². The Balaban J connectivity index is 4.67.